The van der Waals surface area contributed by atoms with Crippen molar-refractivity contribution in [3.63, 3.8) is 0 Å². The van der Waals surface area contributed by atoms with E-state index < -0.39 is 0 Å². The van der Waals surface area contributed by atoms with Gasteiger partial charge in [-0.25, -0.2) is 4.39 Å². The Hall–Kier alpha value is -2.36. The van der Waals surface area contributed by atoms with Crippen molar-refractivity contribution in [2.45, 2.75) is 38.0 Å². The molecule has 1 aliphatic rings. The van der Waals surface area contributed by atoms with Crippen LogP contribution in [0.1, 0.15) is 42.7 Å². The molecule has 3 rings (SSSR count). The number of ether oxygens (including phenoxy) is 1. The van der Waals surface area contributed by atoms with E-state index in [0.29, 0.717) is 12.3 Å². The quantitative estimate of drug-likeness (QED) is 0.787. The molecule has 26 heavy (non-hydrogen) atoms. The molecule has 1 atom stereocenters. The highest BCUT2D eigenvalue weighted by atomic mass is 19.1. The summed E-state index contributed by atoms with van der Waals surface area (Å²) in [5.74, 6) is 1.11. The fourth-order valence-electron chi connectivity index (χ4n) is 3.58. The van der Waals surface area contributed by atoms with Crippen LogP contribution >= 0.6 is 0 Å². The molecule has 1 fully saturated rings. The van der Waals surface area contributed by atoms with Crippen molar-refractivity contribution >= 4 is 5.91 Å². The highest BCUT2D eigenvalue weighted by Crippen LogP contribution is 2.27. The van der Waals surface area contributed by atoms with E-state index in [1.807, 2.05) is 41.3 Å². The average molecular weight is 355 g/mol. The standard InChI is InChI=1S/C22H26FNO2/c1-26-21-12-5-17(6-13-21)7-14-22(25)24-15-3-2-4-19(16-24)18-8-10-20(23)11-9-18/h5-6,8-13,19H,2-4,7,14-16H2,1H3/t19-/m0/s1. The Morgan fingerprint density at radius 3 is 2.54 bits per heavy atom. The maximum absolute atomic E-state index is 13.2. The van der Waals surface area contributed by atoms with Crippen LogP contribution in [-0.2, 0) is 11.2 Å². The Bertz CT molecular complexity index is 712. The van der Waals surface area contributed by atoms with E-state index in [1.54, 1.807) is 7.11 Å². The molecule has 0 unspecified atom stereocenters. The van der Waals surface area contributed by atoms with Gasteiger partial charge in [0.2, 0.25) is 5.91 Å². The van der Waals surface area contributed by atoms with Crippen molar-refractivity contribution < 1.29 is 13.9 Å². The third-order valence-electron chi connectivity index (χ3n) is 5.15. The second-order valence-electron chi connectivity index (χ2n) is 6.93. The lowest BCUT2D eigenvalue weighted by Gasteiger charge is -2.25. The first-order chi connectivity index (χ1) is 12.7. The second kappa shape index (κ2) is 8.84. The number of amides is 1. The second-order valence-corrected chi connectivity index (χ2v) is 6.93. The van der Waals surface area contributed by atoms with E-state index in [1.165, 1.54) is 12.1 Å². The third kappa shape index (κ3) is 4.84. The van der Waals surface area contributed by atoms with Crippen LogP contribution in [0.3, 0.4) is 0 Å². The third-order valence-corrected chi connectivity index (χ3v) is 5.15. The van der Waals surface area contributed by atoms with Crippen molar-refractivity contribution in [3.8, 4) is 5.75 Å². The molecule has 0 aliphatic carbocycles. The Balaban J connectivity index is 1.59. The van der Waals surface area contributed by atoms with Crippen molar-refractivity contribution in [3.05, 3.63) is 65.5 Å². The van der Waals surface area contributed by atoms with E-state index >= 15 is 0 Å². The maximum atomic E-state index is 13.2. The van der Waals surface area contributed by atoms with Gasteiger partial charge in [-0.15, -0.1) is 0 Å². The van der Waals surface area contributed by atoms with Gasteiger partial charge in [-0.3, -0.25) is 4.79 Å². The van der Waals surface area contributed by atoms with Gasteiger partial charge in [-0.05, 0) is 54.7 Å². The fraction of sp³-hybridized carbons (Fsp3) is 0.409. The van der Waals surface area contributed by atoms with Crippen LogP contribution in [-0.4, -0.2) is 31.0 Å². The van der Waals surface area contributed by atoms with Crippen LogP contribution in [0.5, 0.6) is 5.75 Å². The molecule has 0 spiro atoms. The van der Waals surface area contributed by atoms with E-state index in [9.17, 15) is 9.18 Å². The molecule has 0 bridgehead atoms. The average Bonchev–Trinajstić information content (AvgIpc) is 2.93. The van der Waals surface area contributed by atoms with Crippen LogP contribution < -0.4 is 4.74 Å². The molecule has 4 heteroatoms. The molecular formula is C22H26FNO2. The number of likely N-dealkylation sites (tertiary alicyclic amines) is 1. The number of halogens is 1. The summed E-state index contributed by atoms with van der Waals surface area (Å²) in [4.78, 5) is 14.7. The Labute approximate surface area is 154 Å². The van der Waals surface area contributed by atoms with Gasteiger partial charge in [0.15, 0.2) is 0 Å². The van der Waals surface area contributed by atoms with Crippen LogP contribution in [0, 0.1) is 5.82 Å². The molecule has 0 saturated carbocycles. The van der Waals surface area contributed by atoms with Crippen LogP contribution in [0.25, 0.3) is 0 Å². The normalized spacial score (nSPS) is 17.6. The maximum Gasteiger partial charge on any atom is 0.222 e. The number of carbonyl (C=O) groups excluding carboxylic acids is 1. The largest absolute Gasteiger partial charge is 0.497 e. The van der Waals surface area contributed by atoms with Gasteiger partial charge >= 0.3 is 0 Å². The van der Waals surface area contributed by atoms with Crippen LogP contribution in [0.15, 0.2) is 48.5 Å². The molecule has 0 aromatic heterocycles. The summed E-state index contributed by atoms with van der Waals surface area (Å²) in [5, 5.41) is 0. The van der Waals surface area contributed by atoms with Crippen LogP contribution in [0.4, 0.5) is 4.39 Å². The lowest BCUT2D eigenvalue weighted by atomic mass is 9.94. The zero-order valence-corrected chi connectivity index (χ0v) is 15.3. The highest BCUT2D eigenvalue weighted by molar-refractivity contribution is 5.76. The number of carbonyl (C=O) groups is 1. The van der Waals surface area contributed by atoms with Crippen molar-refractivity contribution in [1.82, 2.24) is 4.90 Å². The number of methoxy groups -OCH3 is 1. The fourth-order valence-corrected chi connectivity index (χ4v) is 3.58. The number of hydrogen-bond acceptors (Lipinski definition) is 2. The minimum Gasteiger partial charge on any atom is -0.497 e. The lowest BCUT2D eigenvalue weighted by Crippen LogP contribution is -2.34. The first-order valence-electron chi connectivity index (χ1n) is 9.32. The molecule has 138 valence electrons. The molecule has 3 nitrogen and oxygen atoms in total. The summed E-state index contributed by atoms with van der Waals surface area (Å²) in [6.07, 6.45) is 4.44. The molecule has 1 heterocycles. The minimum absolute atomic E-state index is 0.204. The molecule has 0 radical (unpaired) electrons. The molecular weight excluding hydrogens is 329 g/mol. The smallest absolute Gasteiger partial charge is 0.222 e. The van der Waals surface area contributed by atoms with Gasteiger partial charge in [0.25, 0.3) is 0 Å². The van der Waals surface area contributed by atoms with E-state index in [2.05, 4.69) is 0 Å². The van der Waals surface area contributed by atoms with Crippen molar-refractivity contribution in [2.24, 2.45) is 0 Å². The van der Waals surface area contributed by atoms with Crippen molar-refractivity contribution in [2.75, 3.05) is 20.2 Å². The predicted octanol–water partition coefficient (Wildman–Crippen LogP) is 4.56. The summed E-state index contributed by atoms with van der Waals surface area (Å²) in [7, 11) is 1.65. The van der Waals surface area contributed by atoms with Crippen molar-refractivity contribution in [1.29, 1.82) is 0 Å². The first kappa shape index (κ1) is 18.4. The topological polar surface area (TPSA) is 29.5 Å². The molecule has 1 amide bonds. The number of rotatable bonds is 5. The molecule has 1 saturated heterocycles. The minimum atomic E-state index is -0.213. The summed E-state index contributed by atoms with van der Waals surface area (Å²) in [6, 6.07) is 14.6. The SMILES string of the molecule is COc1ccc(CCC(=O)N2CCCC[C@H](c3ccc(F)cc3)C2)cc1. The zero-order valence-electron chi connectivity index (χ0n) is 15.3. The number of benzene rings is 2. The molecule has 2 aromatic carbocycles. The van der Waals surface area contributed by atoms with Gasteiger partial charge < -0.3 is 9.64 Å². The molecule has 0 N–H and O–H groups in total. The highest BCUT2D eigenvalue weighted by Gasteiger charge is 2.23. The summed E-state index contributed by atoms with van der Waals surface area (Å²) in [6.45, 7) is 1.55. The van der Waals surface area contributed by atoms with Gasteiger partial charge in [-0.1, -0.05) is 30.7 Å². The summed E-state index contributed by atoms with van der Waals surface area (Å²) in [5.41, 5.74) is 2.27. The number of nitrogens with zero attached hydrogens (tertiary/aromatic N) is 1. The predicted molar refractivity (Wildman–Crippen MR) is 101 cm³/mol. The lowest BCUT2D eigenvalue weighted by molar-refractivity contribution is -0.131. The summed E-state index contributed by atoms with van der Waals surface area (Å²) >= 11 is 0. The monoisotopic (exact) mass is 355 g/mol. The van der Waals surface area contributed by atoms with Gasteiger partial charge in [-0.2, -0.15) is 0 Å². The number of aryl methyl sites for hydroxylation is 1. The number of hydrogen-bond donors (Lipinski definition) is 0. The van der Waals surface area contributed by atoms with Crippen LogP contribution in [0.2, 0.25) is 0 Å². The Morgan fingerprint density at radius 1 is 1.12 bits per heavy atom. The Kier molecular flexibility index (Phi) is 6.26. The summed E-state index contributed by atoms with van der Waals surface area (Å²) < 4.78 is 18.3. The van der Waals surface area contributed by atoms with Gasteiger partial charge in [0.05, 0.1) is 7.11 Å². The molecule has 1 aliphatic heterocycles. The van der Waals surface area contributed by atoms with E-state index in [4.69, 9.17) is 4.74 Å². The van der Waals surface area contributed by atoms with Gasteiger partial charge in [0, 0.05) is 25.4 Å². The first-order valence-corrected chi connectivity index (χ1v) is 9.32. The zero-order chi connectivity index (χ0) is 18.4. The Morgan fingerprint density at radius 2 is 1.85 bits per heavy atom. The van der Waals surface area contributed by atoms with E-state index in [-0.39, 0.29) is 11.7 Å². The van der Waals surface area contributed by atoms with E-state index in [0.717, 1.165) is 55.6 Å². The van der Waals surface area contributed by atoms with Gasteiger partial charge in [0.1, 0.15) is 11.6 Å². The molecule has 2 aromatic rings.